The minimum absolute atomic E-state index is 0.227. The Balaban J connectivity index is 1.24. The molecule has 1 fully saturated rings. The average Bonchev–Trinajstić information content (AvgIpc) is 3.42. The van der Waals surface area contributed by atoms with Gasteiger partial charge in [0.15, 0.2) is 23.0 Å². The van der Waals surface area contributed by atoms with E-state index in [-0.39, 0.29) is 12.8 Å². The van der Waals surface area contributed by atoms with Crippen molar-refractivity contribution in [1.82, 2.24) is 14.9 Å². The van der Waals surface area contributed by atoms with Gasteiger partial charge in [-0.2, -0.15) is 4.98 Å². The van der Waals surface area contributed by atoms with Gasteiger partial charge in [0.25, 0.3) is 0 Å². The van der Waals surface area contributed by atoms with Gasteiger partial charge in [-0.25, -0.2) is 4.98 Å². The zero-order chi connectivity index (χ0) is 25.9. The van der Waals surface area contributed by atoms with Crippen LogP contribution in [0.25, 0.3) is 10.9 Å². The van der Waals surface area contributed by atoms with Crippen LogP contribution in [0.4, 0.5) is 17.5 Å². The lowest BCUT2D eigenvalue weighted by Gasteiger charge is -2.32. The summed E-state index contributed by atoms with van der Waals surface area (Å²) >= 11 is 0. The molecular formula is C29H31N5O4. The van der Waals surface area contributed by atoms with Gasteiger partial charge in [-0.05, 0) is 36.6 Å². The lowest BCUT2D eigenvalue weighted by atomic mass is 10.0. The standard InChI is InChI=1S/C29H31N5O4/c1-35-25-15-22-23(16-26(25)36-2)32-29(33-28(22)30-21-8-9-24-27(14-21)38-18-37-24)31-20-10-12-34(13-11-20)17-19-6-4-3-5-7-19/h3-9,14-16,20H,10-13,17-18H2,1-2H3,(H2,30,31,32,33). The maximum absolute atomic E-state index is 5.55. The van der Waals surface area contributed by atoms with Gasteiger partial charge in [-0.3, -0.25) is 4.90 Å². The highest BCUT2D eigenvalue weighted by Gasteiger charge is 2.22. The number of rotatable bonds is 8. The summed E-state index contributed by atoms with van der Waals surface area (Å²) in [4.78, 5) is 12.2. The molecule has 1 saturated heterocycles. The maximum atomic E-state index is 5.55. The van der Waals surface area contributed by atoms with E-state index >= 15 is 0 Å². The molecule has 9 heteroatoms. The first-order valence-corrected chi connectivity index (χ1v) is 12.8. The second-order valence-electron chi connectivity index (χ2n) is 9.49. The Kier molecular flexibility index (Phi) is 6.75. The Labute approximate surface area is 221 Å². The van der Waals surface area contributed by atoms with Crippen LogP contribution in [0, 0.1) is 0 Å². The Bertz CT molecular complexity index is 1420. The van der Waals surface area contributed by atoms with Crippen molar-refractivity contribution in [3.63, 3.8) is 0 Å². The number of aromatic nitrogens is 2. The molecule has 0 aliphatic carbocycles. The number of methoxy groups -OCH3 is 2. The van der Waals surface area contributed by atoms with Gasteiger partial charge in [0.05, 0.1) is 19.7 Å². The molecular weight excluding hydrogens is 482 g/mol. The Morgan fingerprint density at radius 1 is 0.895 bits per heavy atom. The third kappa shape index (κ3) is 5.10. The molecule has 0 unspecified atom stereocenters. The van der Waals surface area contributed by atoms with E-state index in [1.54, 1.807) is 14.2 Å². The summed E-state index contributed by atoms with van der Waals surface area (Å²) < 4.78 is 22.1. The molecule has 9 nitrogen and oxygen atoms in total. The molecule has 0 spiro atoms. The molecule has 1 aromatic heterocycles. The maximum Gasteiger partial charge on any atom is 0.231 e. The first-order chi connectivity index (χ1) is 18.7. The molecule has 6 rings (SSSR count). The molecule has 2 aliphatic heterocycles. The first-order valence-electron chi connectivity index (χ1n) is 12.8. The fraction of sp³-hybridized carbons (Fsp3) is 0.310. The van der Waals surface area contributed by atoms with E-state index in [4.69, 9.17) is 28.9 Å². The van der Waals surface area contributed by atoms with Crippen molar-refractivity contribution in [1.29, 1.82) is 0 Å². The van der Waals surface area contributed by atoms with E-state index in [9.17, 15) is 0 Å². The third-order valence-electron chi connectivity index (χ3n) is 7.01. The molecule has 3 aromatic carbocycles. The predicted octanol–water partition coefficient (Wildman–Crippen LogP) is 5.20. The molecule has 2 N–H and O–H groups in total. The highest BCUT2D eigenvalue weighted by Crippen LogP contribution is 2.38. The van der Waals surface area contributed by atoms with Crippen LogP contribution in [-0.2, 0) is 6.54 Å². The number of piperidine rings is 1. The highest BCUT2D eigenvalue weighted by molar-refractivity contribution is 5.94. The molecule has 196 valence electrons. The van der Waals surface area contributed by atoms with Crippen LogP contribution in [0.2, 0.25) is 0 Å². The van der Waals surface area contributed by atoms with Crippen molar-refractivity contribution in [2.45, 2.75) is 25.4 Å². The van der Waals surface area contributed by atoms with Gasteiger partial charge in [0, 0.05) is 48.9 Å². The lowest BCUT2D eigenvalue weighted by Crippen LogP contribution is -2.39. The first kappa shape index (κ1) is 24.1. The number of benzene rings is 3. The second-order valence-corrected chi connectivity index (χ2v) is 9.49. The van der Waals surface area contributed by atoms with Crippen molar-refractivity contribution in [2.75, 3.05) is 44.7 Å². The fourth-order valence-corrected chi connectivity index (χ4v) is 4.99. The van der Waals surface area contributed by atoms with E-state index in [0.717, 1.165) is 54.8 Å². The van der Waals surface area contributed by atoms with E-state index in [1.807, 2.05) is 30.3 Å². The van der Waals surface area contributed by atoms with Crippen LogP contribution >= 0.6 is 0 Å². The number of nitrogens with zero attached hydrogens (tertiary/aromatic N) is 3. The zero-order valence-electron chi connectivity index (χ0n) is 21.6. The molecule has 38 heavy (non-hydrogen) atoms. The predicted molar refractivity (Wildman–Crippen MR) is 147 cm³/mol. The van der Waals surface area contributed by atoms with Gasteiger partial charge < -0.3 is 29.6 Å². The zero-order valence-corrected chi connectivity index (χ0v) is 21.6. The molecule has 2 aliphatic rings. The lowest BCUT2D eigenvalue weighted by molar-refractivity contribution is 0.174. The monoisotopic (exact) mass is 513 g/mol. The smallest absolute Gasteiger partial charge is 0.231 e. The molecule has 0 bridgehead atoms. The number of anilines is 3. The summed E-state index contributed by atoms with van der Waals surface area (Å²) in [5, 5.41) is 7.85. The van der Waals surface area contributed by atoms with Crippen LogP contribution in [-0.4, -0.2) is 55.0 Å². The Morgan fingerprint density at radius 2 is 1.66 bits per heavy atom. The van der Waals surface area contributed by atoms with Crippen molar-refractivity contribution >= 4 is 28.4 Å². The largest absolute Gasteiger partial charge is 0.493 e. The third-order valence-corrected chi connectivity index (χ3v) is 7.01. The average molecular weight is 514 g/mol. The topological polar surface area (TPSA) is 90.0 Å². The summed E-state index contributed by atoms with van der Waals surface area (Å²) in [5.41, 5.74) is 2.94. The number of nitrogens with one attached hydrogen (secondary N) is 2. The van der Waals surface area contributed by atoms with Gasteiger partial charge in [-0.15, -0.1) is 0 Å². The fourth-order valence-electron chi connectivity index (χ4n) is 4.99. The molecule has 0 saturated carbocycles. The van der Waals surface area contributed by atoms with E-state index in [2.05, 4.69) is 45.9 Å². The molecule has 0 amide bonds. The summed E-state index contributed by atoms with van der Waals surface area (Å²) in [7, 11) is 3.24. The summed E-state index contributed by atoms with van der Waals surface area (Å²) in [6.45, 7) is 3.25. The molecule has 0 atom stereocenters. The number of likely N-dealkylation sites (tertiary alicyclic amines) is 1. The van der Waals surface area contributed by atoms with Crippen LogP contribution < -0.4 is 29.6 Å². The van der Waals surface area contributed by atoms with Crippen molar-refractivity contribution in [3.05, 3.63) is 66.2 Å². The summed E-state index contributed by atoms with van der Waals surface area (Å²) in [5.74, 6) is 3.91. The van der Waals surface area contributed by atoms with Gasteiger partial charge >= 0.3 is 0 Å². The quantitative estimate of drug-likeness (QED) is 0.330. The Morgan fingerprint density at radius 3 is 2.45 bits per heavy atom. The number of hydrogen-bond acceptors (Lipinski definition) is 9. The van der Waals surface area contributed by atoms with Gasteiger partial charge in [0.1, 0.15) is 5.82 Å². The van der Waals surface area contributed by atoms with Crippen molar-refractivity contribution in [2.24, 2.45) is 0 Å². The molecule has 0 radical (unpaired) electrons. The minimum atomic E-state index is 0.227. The van der Waals surface area contributed by atoms with E-state index in [0.29, 0.717) is 29.0 Å². The number of ether oxygens (including phenoxy) is 4. The normalized spacial score (nSPS) is 15.4. The Hall–Kier alpha value is -4.24. The summed E-state index contributed by atoms with van der Waals surface area (Å²) in [6, 6.07) is 20.4. The van der Waals surface area contributed by atoms with Crippen LogP contribution in [0.5, 0.6) is 23.0 Å². The molecule has 3 heterocycles. The number of fused-ring (bicyclic) bond motifs is 2. The van der Waals surface area contributed by atoms with Crippen LogP contribution in [0.1, 0.15) is 18.4 Å². The van der Waals surface area contributed by atoms with Gasteiger partial charge in [0.2, 0.25) is 12.7 Å². The van der Waals surface area contributed by atoms with E-state index in [1.165, 1.54) is 5.56 Å². The van der Waals surface area contributed by atoms with Crippen molar-refractivity contribution in [3.8, 4) is 23.0 Å². The molecule has 4 aromatic rings. The SMILES string of the molecule is COc1cc2nc(NC3CCN(Cc4ccccc4)CC3)nc(Nc3ccc4c(c3)OCO4)c2cc1OC. The van der Waals surface area contributed by atoms with Crippen molar-refractivity contribution < 1.29 is 18.9 Å². The van der Waals surface area contributed by atoms with Gasteiger partial charge in [-0.1, -0.05) is 30.3 Å². The van der Waals surface area contributed by atoms with E-state index < -0.39 is 0 Å². The minimum Gasteiger partial charge on any atom is -0.493 e. The van der Waals surface area contributed by atoms with Crippen LogP contribution in [0.15, 0.2) is 60.7 Å². The highest BCUT2D eigenvalue weighted by atomic mass is 16.7. The summed E-state index contributed by atoms with van der Waals surface area (Å²) in [6.07, 6.45) is 2.04. The second kappa shape index (κ2) is 10.6. The number of hydrogen-bond donors (Lipinski definition) is 2. The van der Waals surface area contributed by atoms with Crippen LogP contribution in [0.3, 0.4) is 0 Å².